The van der Waals surface area contributed by atoms with E-state index >= 15 is 0 Å². The molecule has 1 N–H and O–H groups in total. The Hall–Kier alpha value is -2.59. The highest BCUT2D eigenvalue weighted by atomic mass is 35.5. The van der Waals surface area contributed by atoms with Crippen LogP contribution in [0, 0.1) is 11.8 Å². The van der Waals surface area contributed by atoms with E-state index in [0.29, 0.717) is 54.7 Å². The lowest BCUT2D eigenvalue weighted by Crippen LogP contribution is -2.53. The van der Waals surface area contributed by atoms with Gasteiger partial charge in [0.15, 0.2) is 9.84 Å². The molecule has 5 rings (SSSR count). The smallest absolute Gasteiger partial charge is 0.393 e. The van der Waals surface area contributed by atoms with Crippen molar-refractivity contribution in [2.75, 3.05) is 6.54 Å². The van der Waals surface area contributed by atoms with Crippen molar-refractivity contribution in [1.82, 2.24) is 4.90 Å². The molecule has 2 unspecified atom stereocenters. The second-order valence-electron chi connectivity index (χ2n) is 10.9. The van der Waals surface area contributed by atoms with Gasteiger partial charge in [-0.1, -0.05) is 29.8 Å². The van der Waals surface area contributed by atoms with Crippen LogP contribution in [0.4, 0.5) is 13.2 Å². The van der Waals surface area contributed by atoms with E-state index in [1.165, 1.54) is 42.5 Å². The van der Waals surface area contributed by atoms with Gasteiger partial charge in [0.05, 0.1) is 23.3 Å². The van der Waals surface area contributed by atoms with Crippen LogP contribution in [0.5, 0.6) is 0 Å². The van der Waals surface area contributed by atoms with Crippen LogP contribution in [-0.4, -0.2) is 49.1 Å². The van der Waals surface area contributed by atoms with Gasteiger partial charge in [-0.05, 0) is 85.9 Å². The Morgan fingerprint density at radius 2 is 1.64 bits per heavy atom. The third kappa shape index (κ3) is 4.94. The molecule has 210 valence electrons. The first kappa shape index (κ1) is 28.0. The van der Waals surface area contributed by atoms with E-state index in [1.54, 1.807) is 4.90 Å². The van der Waals surface area contributed by atoms with Crippen molar-refractivity contribution < 1.29 is 36.3 Å². The number of nitrogens with zero attached hydrogens (tertiary/aromatic N) is 1. The van der Waals surface area contributed by atoms with Crippen LogP contribution in [0.1, 0.15) is 55.2 Å². The lowest BCUT2D eigenvalue weighted by Gasteiger charge is -2.43. The number of carbonyl (C=O) groups is 2. The van der Waals surface area contributed by atoms with Crippen LogP contribution < -0.4 is 0 Å². The lowest BCUT2D eigenvalue weighted by atomic mass is 9.77. The summed E-state index contributed by atoms with van der Waals surface area (Å²) in [4.78, 5) is 26.8. The van der Waals surface area contributed by atoms with Gasteiger partial charge < -0.3 is 10.0 Å². The average molecular weight is 584 g/mol. The van der Waals surface area contributed by atoms with Gasteiger partial charge in [-0.2, -0.15) is 13.2 Å². The number of fused-ring (bicyclic) bond motifs is 3. The van der Waals surface area contributed by atoms with E-state index in [0.717, 1.165) is 0 Å². The minimum Gasteiger partial charge on any atom is -0.481 e. The van der Waals surface area contributed by atoms with Gasteiger partial charge >= 0.3 is 12.1 Å². The Morgan fingerprint density at radius 1 is 1.00 bits per heavy atom. The van der Waals surface area contributed by atoms with Gasteiger partial charge in [-0.25, -0.2) is 8.42 Å². The number of aliphatic carboxylic acids is 1. The largest absolute Gasteiger partial charge is 0.481 e. The predicted molar refractivity (Wildman–Crippen MR) is 138 cm³/mol. The van der Waals surface area contributed by atoms with Crippen molar-refractivity contribution in [1.29, 1.82) is 0 Å². The van der Waals surface area contributed by atoms with Gasteiger partial charge in [0.25, 0.3) is 0 Å². The first-order valence-corrected chi connectivity index (χ1v) is 14.9. The van der Waals surface area contributed by atoms with Crippen LogP contribution in [0.2, 0.25) is 5.02 Å². The maximum atomic E-state index is 14.4. The van der Waals surface area contributed by atoms with Crippen molar-refractivity contribution in [3.8, 4) is 0 Å². The molecule has 1 amide bonds. The second-order valence-corrected chi connectivity index (χ2v) is 13.5. The van der Waals surface area contributed by atoms with Gasteiger partial charge in [0, 0.05) is 17.5 Å². The van der Waals surface area contributed by atoms with Crippen molar-refractivity contribution in [3.05, 3.63) is 64.2 Å². The first-order valence-electron chi connectivity index (χ1n) is 13.1. The van der Waals surface area contributed by atoms with Crippen LogP contribution >= 0.6 is 11.6 Å². The van der Waals surface area contributed by atoms with Gasteiger partial charge in [0.1, 0.15) is 4.75 Å². The SMILES string of the molecule is O=C(O)C1CCC(C(=O)N2CCC3(S(=O)(=O)c4ccc(Cl)cc4)c4ccc(CC(F)(F)F)cc4CCC23)CC1. The third-order valence-electron chi connectivity index (χ3n) is 8.67. The zero-order valence-electron chi connectivity index (χ0n) is 21.1. The molecule has 3 aliphatic rings. The van der Waals surface area contributed by atoms with E-state index in [1.807, 2.05) is 0 Å². The molecule has 1 saturated carbocycles. The van der Waals surface area contributed by atoms with Crippen LogP contribution in [0.25, 0.3) is 0 Å². The van der Waals surface area contributed by atoms with E-state index in [-0.39, 0.29) is 35.2 Å². The Bertz CT molecular complexity index is 1390. The van der Waals surface area contributed by atoms with Crippen LogP contribution in [-0.2, 0) is 37.0 Å². The number of carbonyl (C=O) groups excluding carboxylic acids is 1. The number of aryl methyl sites for hydroxylation is 1. The van der Waals surface area contributed by atoms with Gasteiger partial charge in [0.2, 0.25) is 5.91 Å². The minimum atomic E-state index is -4.39. The molecule has 2 aromatic carbocycles. The molecule has 11 heteroatoms. The average Bonchev–Trinajstić information content (AvgIpc) is 3.29. The summed E-state index contributed by atoms with van der Waals surface area (Å²) in [6.45, 7) is 0.193. The Morgan fingerprint density at radius 3 is 2.26 bits per heavy atom. The number of likely N-dealkylation sites (tertiary alicyclic amines) is 1. The monoisotopic (exact) mass is 583 g/mol. The molecule has 0 aromatic heterocycles. The standard InChI is InChI=1S/C28H29ClF3NO5S/c29-21-7-9-22(10-8-21)39(37,38)27-13-14-33(25(34)18-2-4-19(5-3-18)26(35)36)24(27)12-6-20-15-17(1-11-23(20)27)16-28(30,31)32/h1,7-11,15,18-19,24H,2-6,12-14,16H2,(H,35,36). The maximum Gasteiger partial charge on any atom is 0.393 e. The van der Waals surface area contributed by atoms with Gasteiger partial charge in [-0.15, -0.1) is 0 Å². The molecule has 1 heterocycles. The molecule has 0 radical (unpaired) electrons. The van der Waals surface area contributed by atoms with Crippen molar-refractivity contribution in [2.45, 2.75) is 73.2 Å². The molecule has 2 fully saturated rings. The topological polar surface area (TPSA) is 91.8 Å². The molecular weight excluding hydrogens is 555 g/mol. The van der Waals surface area contributed by atoms with E-state index in [4.69, 9.17) is 11.6 Å². The normalized spacial score (nSPS) is 27.1. The summed E-state index contributed by atoms with van der Waals surface area (Å²) in [6, 6.07) is 9.41. The lowest BCUT2D eigenvalue weighted by molar-refractivity contribution is -0.146. The van der Waals surface area contributed by atoms with Crippen molar-refractivity contribution in [2.24, 2.45) is 11.8 Å². The van der Waals surface area contributed by atoms with E-state index < -0.39 is 45.1 Å². The van der Waals surface area contributed by atoms with E-state index in [2.05, 4.69) is 0 Å². The number of hydrogen-bond donors (Lipinski definition) is 1. The summed E-state index contributed by atoms with van der Waals surface area (Å²) in [5.41, 5.74) is 1.08. The zero-order valence-corrected chi connectivity index (χ0v) is 22.7. The van der Waals surface area contributed by atoms with Crippen molar-refractivity contribution in [3.63, 3.8) is 0 Å². The van der Waals surface area contributed by atoms with Gasteiger partial charge in [-0.3, -0.25) is 9.59 Å². The highest BCUT2D eigenvalue weighted by molar-refractivity contribution is 7.92. The number of alkyl halides is 3. The number of amides is 1. The quantitative estimate of drug-likeness (QED) is 0.498. The highest BCUT2D eigenvalue weighted by Crippen LogP contribution is 2.53. The molecule has 0 bridgehead atoms. The number of carboxylic acids is 1. The Balaban J connectivity index is 1.55. The molecule has 1 saturated heterocycles. The summed E-state index contributed by atoms with van der Waals surface area (Å²) < 4.78 is 66.6. The number of benzene rings is 2. The maximum absolute atomic E-state index is 14.4. The third-order valence-corrected chi connectivity index (χ3v) is 11.5. The van der Waals surface area contributed by atoms with Crippen molar-refractivity contribution >= 4 is 33.3 Å². The van der Waals surface area contributed by atoms with Crippen LogP contribution in [0.3, 0.4) is 0 Å². The van der Waals surface area contributed by atoms with E-state index in [9.17, 15) is 36.3 Å². The number of sulfone groups is 1. The summed E-state index contributed by atoms with van der Waals surface area (Å²) in [6.07, 6.45) is -3.11. The fourth-order valence-corrected chi connectivity index (χ4v) is 9.33. The molecule has 1 aliphatic heterocycles. The molecule has 0 spiro atoms. The molecule has 2 aromatic rings. The Kier molecular flexibility index (Phi) is 7.24. The molecule has 39 heavy (non-hydrogen) atoms. The summed E-state index contributed by atoms with van der Waals surface area (Å²) in [5, 5.41) is 9.68. The number of carboxylic acid groups (broad SMARTS) is 1. The second kappa shape index (κ2) is 10.1. The molecule has 6 nitrogen and oxygen atoms in total. The number of halogens is 4. The zero-order chi connectivity index (χ0) is 28.2. The minimum absolute atomic E-state index is 0.0420. The van der Waals surface area contributed by atoms with Crippen LogP contribution in [0.15, 0.2) is 47.4 Å². The number of rotatable bonds is 5. The summed E-state index contributed by atoms with van der Waals surface area (Å²) >= 11 is 6.01. The molecule has 2 atom stereocenters. The highest BCUT2D eigenvalue weighted by Gasteiger charge is 2.61. The molecule has 2 aliphatic carbocycles. The fraction of sp³-hybridized carbons (Fsp3) is 0.500. The molecular formula is C28H29ClF3NO5S. The summed E-state index contributed by atoms with van der Waals surface area (Å²) in [7, 11) is -4.11. The summed E-state index contributed by atoms with van der Waals surface area (Å²) in [5.74, 6) is -1.91. The number of hydrogen-bond acceptors (Lipinski definition) is 4. The first-order chi connectivity index (χ1) is 18.3. The Labute approximate surface area is 230 Å². The fourth-order valence-electron chi connectivity index (χ4n) is 6.83. The predicted octanol–water partition coefficient (Wildman–Crippen LogP) is 5.55.